The number of benzene rings is 3. The van der Waals surface area contributed by atoms with Gasteiger partial charge in [-0.2, -0.15) is 0 Å². The molecule has 1 unspecified atom stereocenters. The number of amides is 3. The second-order valence-corrected chi connectivity index (χ2v) is 9.39. The quantitative estimate of drug-likeness (QED) is 0.525. The van der Waals surface area contributed by atoms with Gasteiger partial charge in [-0.05, 0) is 29.8 Å². The van der Waals surface area contributed by atoms with E-state index in [1.54, 1.807) is 11.0 Å². The van der Waals surface area contributed by atoms with E-state index in [-0.39, 0.29) is 18.1 Å². The number of nitrogens with zero attached hydrogens (tertiary/aromatic N) is 2. The Bertz CT molecular complexity index is 1270. The van der Waals surface area contributed by atoms with Crippen LogP contribution in [0.5, 0.6) is 0 Å². The predicted molar refractivity (Wildman–Crippen MR) is 125 cm³/mol. The first-order chi connectivity index (χ1) is 15.9. The van der Waals surface area contributed by atoms with Crippen LogP contribution in [0.4, 0.5) is 25.0 Å². The fraction of sp³-hybridized carbons (Fsp3) is 0.167. The molecule has 168 valence electrons. The van der Waals surface area contributed by atoms with Crippen molar-refractivity contribution in [1.29, 1.82) is 0 Å². The number of para-hydroxylation sites is 1. The van der Waals surface area contributed by atoms with E-state index < -0.39 is 22.5 Å². The van der Waals surface area contributed by atoms with Gasteiger partial charge in [0.15, 0.2) is 4.87 Å². The minimum Gasteiger partial charge on any atom is -0.305 e. The van der Waals surface area contributed by atoms with Gasteiger partial charge in [0.2, 0.25) is 0 Å². The zero-order valence-corrected chi connectivity index (χ0v) is 18.8. The van der Waals surface area contributed by atoms with Crippen LogP contribution in [0.1, 0.15) is 11.1 Å². The molecule has 9 heteroatoms. The van der Waals surface area contributed by atoms with Crippen LogP contribution in [0.25, 0.3) is 0 Å². The molecule has 0 radical (unpaired) electrons. The Balaban J connectivity index is 1.51. The lowest BCUT2D eigenvalue weighted by atomic mass is 10.1. The fourth-order valence-corrected chi connectivity index (χ4v) is 5.95. The Labute approximate surface area is 198 Å². The minimum absolute atomic E-state index is 0.153. The lowest BCUT2D eigenvalue weighted by Gasteiger charge is -2.33. The van der Waals surface area contributed by atoms with Crippen LogP contribution in [0.3, 0.4) is 0 Å². The molecule has 1 spiro atoms. The molecule has 3 aromatic carbocycles. The maximum Gasteiger partial charge on any atom is 0.323 e. The van der Waals surface area contributed by atoms with Gasteiger partial charge >= 0.3 is 6.03 Å². The molecule has 1 fully saturated rings. The van der Waals surface area contributed by atoms with Crippen molar-refractivity contribution >= 4 is 46.7 Å². The van der Waals surface area contributed by atoms with Crippen LogP contribution >= 0.6 is 23.4 Å². The summed E-state index contributed by atoms with van der Waals surface area (Å²) in [4.78, 5) is 28.9. The maximum absolute atomic E-state index is 14.2. The SMILES string of the molecule is O=C(Nc1ccc(F)cc1F)N1CCSC12C(=O)N(Cc1ccccc1Cl)c1ccccc12. The van der Waals surface area contributed by atoms with Crippen LogP contribution in [-0.4, -0.2) is 29.1 Å². The van der Waals surface area contributed by atoms with Gasteiger partial charge in [-0.3, -0.25) is 9.69 Å². The van der Waals surface area contributed by atoms with E-state index in [1.807, 2.05) is 42.5 Å². The van der Waals surface area contributed by atoms with Gasteiger partial charge in [0, 0.05) is 29.0 Å². The normalized spacial score (nSPS) is 19.3. The smallest absolute Gasteiger partial charge is 0.305 e. The van der Waals surface area contributed by atoms with Gasteiger partial charge in [0.1, 0.15) is 11.6 Å². The number of carbonyl (C=O) groups excluding carboxylic acids is 2. The van der Waals surface area contributed by atoms with E-state index in [0.29, 0.717) is 34.6 Å². The molecule has 0 aromatic heterocycles. The summed E-state index contributed by atoms with van der Waals surface area (Å²) in [6.07, 6.45) is 0. The number of hydrogen-bond acceptors (Lipinski definition) is 3. The van der Waals surface area contributed by atoms with Crippen LogP contribution in [-0.2, 0) is 16.2 Å². The molecule has 0 bridgehead atoms. The number of rotatable bonds is 3. The molecule has 5 rings (SSSR count). The number of thioether (sulfide) groups is 1. The predicted octanol–water partition coefficient (Wildman–Crippen LogP) is 5.60. The molecule has 0 aliphatic carbocycles. The van der Waals surface area contributed by atoms with E-state index in [4.69, 9.17) is 11.6 Å². The number of fused-ring (bicyclic) bond motifs is 2. The first kappa shape index (κ1) is 21.7. The van der Waals surface area contributed by atoms with E-state index in [1.165, 1.54) is 16.7 Å². The van der Waals surface area contributed by atoms with Crippen LogP contribution in [0, 0.1) is 11.6 Å². The summed E-state index contributed by atoms with van der Waals surface area (Å²) in [6, 6.07) is 16.9. The molecule has 3 amide bonds. The van der Waals surface area contributed by atoms with Gasteiger partial charge in [-0.15, -0.1) is 11.8 Å². The number of hydrogen-bond donors (Lipinski definition) is 1. The molecule has 2 aliphatic rings. The zero-order valence-electron chi connectivity index (χ0n) is 17.2. The maximum atomic E-state index is 14.2. The Hall–Kier alpha value is -3.10. The molecule has 1 saturated heterocycles. The largest absolute Gasteiger partial charge is 0.323 e. The molecule has 3 aromatic rings. The highest BCUT2D eigenvalue weighted by molar-refractivity contribution is 8.01. The average Bonchev–Trinajstić information content (AvgIpc) is 3.34. The van der Waals surface area contributed by atoms with Crippen LogP contribution < -0.4 is 10.2 Å². The number of anilines is 2. The fourth-order valence-electron chi connectivity index (χ4n) is 4.30. The summed E-state index contributed by atoms with van der Waals surface area (Å²) >= 11 is 7.71. The average molecular weight is 486 g/mol. The molecule has 1 N–H and O–H groups in total. The Morgan fingerprint density at radius 1 is 1.09 bits per heavy atom. The Morgan fingerprint density at radius 2 is 1.85 bits per heavy atom. The first-order valence-electron chi connectivity index (χ1n) is 10.2. The van der Waals surface area contributed by atoms with Gasteiger partial charge in [0.05, 0.1) is 17.9 Å². The third kappa shape index (κ3) is 3.54. The van der Waals surface area contributed by atoms with E-state index in [9.17, 15) is 18.4 Å². The number of urea groups is 1. The van der Waals surface area contributed by atoms with E-state index in [2.05, 4.69) is 5.32 Å². The Morgan fingerprint density at radius 3 is 2.64 bits per heavy atom. The number of halogens is 3. The monoisotopic (exact) mass is 485 g/mol. The van der Waals surface area contributed by atoms with Crippen molar-refractivity contribution in [1.82, 2.24) is 4.90 Å². The standard InChI is InChI=1S/C24H18ClF2N3O2S/c25-18-7-3-1-5-15(18)14-29-21-8-4-2-6-17(21)24(22(29)31)30(11-12-33-24)23(32)28-20-10-9-16(26)13-19(20)27/h1-10,13H,11-12,14H2,(H,28,32). The summed E-state index contributed by atoms with van der Waals surface area (Å²) in [5.41, 5.74) is 2.02. The minimum atomic E-state index is -1.28. The highest BCUT2D eigenvalue weighted by Crippen LogP contribution is 2.54. The van der Waals surface area contributed by atoms with Crippen molar-refractivity contribution < 1.29 is 18.4 Å². The lowest BCUT2D eigenvalue weighted by molar-refractivity contribution is -0.123. The lowest BCUT2D eigenvalue weighted by Crippen LogP contribution is -2.51. The number of nitrogens with one attached hydrogen (secondary N) is 1. The van der Waals surface area contributed by atoms with Gasteiger partial charge in [-0.25, -0.2) is 13.6 Å². The molecule has 33 heavy (non-hydrogen) atoms. The second-order valence-electron chi connectivity index (χ2n) is 7.70. The van der Waals surface area contributed by atoms with Crippen molar-refractivity contribution in [2.24, 2.45) is 0 Å². The summed E-state index contributed by atoms with van der Waals surface area (Å²) < 4.78 is 27.4. The van der Waals surface area contributed by atoms with Crippen LogP contribution in [0.2, 0.25) is 5.02 Å². The molecule has 5 nitrogen and oxygen atoms in total. The molecule has 2 aliphatic heterocycles. The third-order valence-electron chi connectivity index (χ3n) is 5.81. The third-order valence-corrected chi connectivity index (χ3v) is 7.59. The van der Waals surface area contributed by atoms with Crippen molar-refractivity contribution in [3.63, 3.8) is 0 Å². The highest BCUT2D eigenvalue weighted by atomic mass is 35.5. The Kier molecular flexibility index (Phi) is 5.50. The van der Waals surface area contributed by atoms with Crippen molar-refractivity contribution in [2.45, 2.75) is 11.4 Å². The van der Waals surface area contributed by atoms with Gasteiger partial charge in [0.25, 0.3) is 5.91 Å². The van der Waals surface area contributed by atoms with Gasteiger partial charge in [-0.1, -0.05) is 48.0 Å². The van der Waals surface area contributed by atoms with Gasteiger partial charge < -0.3 is 10.2 Å². The molecule has 0 saturated carbocycles. The highest BCUT2D eigenvalue weighted by Gasteiger charge is 2.59. The first-order valence-corrected chi connectivity index (χ1v) is 11.6. The summed E-state index contributed by atoms with van der Waals surface area (Å²) in [5, 5.41) is 3.04. The van der Waals surface area contributed by atoms with Crippen molar-refractivity contribution in [3.8, 4) is 0 Å². The molecule has 1 atom stereocenters. The second kappa shape index (κ2) is 8.35. The van der Waals surface area contributed by atoms with Crippen molar-refractivity contribution in [3.05, 3.63) is 94.5 Å². The van der Waals surface area contributed by atoms with Crippen molar-refractivity contribution in [2.75, 3.05) is 22.5 Å². The molecule has 2 heterocycles. The molecular weight excluding hydrogens is 468 g/mol. The summed E-state index contributed by atoms with van der Waals surface area (Å²) in [6.45, 7) is 0.541. The topological polar surface area (TPSA) is 52.7 Å². The summed E-state index contributed by atoms with van der Waals surface area (Å²) in [5.74, 6) is -1.36. The van der Waals surface area contributed by atoms with E-state index in [0.717, 1.165) is 17.7 Å². The number of carbonyl (C=O) groups is 2. The van der Waals surface area contributed by atoms with E-state index >= 15 is 0 Å². The summed E-state index contributed by atoms with van der Waals surface area (Å²) in [7, 11) is 0. The zero-order chi connectivity index (χ0) is 23.2. The molecular formula is C24H18ClF2N3O2S. The van der Waals surface area contributed by atoms with Crippen LogP contribution in [0.15, 0.2) is 66.7 Å².